The molecule has 0 spiro atoms. The third kappa shape index (κ3) is 4.67. The monoisotopic (exact) mass is 423 g/mol. The average molecular weight is 423 g/mol. The van der Waals surface area contributed by atoms with Crippen molar-refractivity contribution in [1.82, 2.24) is 15.1 Å². The minimum Gasteiger partial charge on any atom is -0.483 e. The van der Waals surface area contributed by atoms with Gasteiger partial charge < -0.3 is 18.8 Å². The van der Waals surface area contributed by atoms with Gasteiger partial charge in [0.25, 0.3) is 11.8 Å². The minimum atomic E-state index is -0.184. The number of nitrogens with zero attached hydrogens (tertiary/aromatic N) is 3. The van der Waals surface area contributed by atoms with Crippen LogP contribution in [0.15, 0.2) is 64.4 Å². The Balaban J connectivity index is 1.44. The van der Waals surface area contributed by atoms with E-state index in [1.807, 2.05) is 60.0 Å². The first-order valence-corrected chi connectivity index (χ1v) is 10.4. The van der Waals surface area contributed by atoms with Gasteiger partial charge in [0.15, 0.2) is 6.61 Å². The Bertz CT molecular complexity index is 1110. The zero-order valence-corrected chi connectivity index (χ0v) is 17.3. The van der Waals surface area contributed by atoms with E-state index in [1.165, 1.54) is 11.3 Å². The summed E-state index contributed by atoms with van der Waals surface area (Å²) in [6.45, 7) is 0.889. The van der Waals surface area contributed by atoms with Crippen LogP contribution in [0.25, 0.3) is 21.5 Å². The first-order chi connectivity index (χ1) is 14.7. The molecular weight excluding hydrogens is 402 g/mol. The van der Waals surface area contributed by atoms with Crippen molar-refractivity contribution in [3.8, 4) is 16.5 Å². The zero-order chi connectivity index (χ0) is 20.8. The lowest BCUT2D eigenvalue weighted by Crippen LogP contribution is -2.37. The van der Waals surface area contributed by atoms with Crippen LogP contribution in [0, 0.1) is 0 Å². The van der Waals surface area contributed by atoms with Gasteiger partial charge in [0.2, 0.25) is 5.89 Å². The first-order valence-electron chi connectivity index (χ1n) is 9.48. The molecule has 8 heteroatoms. The molecule has 2 aromatic heterocycles. The van der Waals surface area contributed by atoms with Crippen LogP contribution in [0.4, 0.5) is 0 Å². The standard InChI is InChI=1S/C22H21N3O4S/c1-27-12-11-25(14-20-23-24-22(29-20)19-10-5-13-30-19)21(26)15-28-18-9-4-7-16-6-2-3-8-17(16)18/h2-10,13H,11-12,14-15H2,1H3. The number of carbonyl (C=O) groups excluding carboxylic acids is 1. The molecule has 154 valence electrons. The molecule has 1 amide bonds. The molecule has 4 rings (SSSR count). The molecule has 0 saturated heterocycles. The second-order valence-electron chi connectivity index (χ2n) is 6.55. The SMILES string of the molecule is COCCN(Cc1nnc(-c2cccs2)o1)C(=O)COc1cccc2ccccc12. The van der Waals surface area contributed by atoms with E-state index in [2.05, 4.69) is 10.2 Å². The molecule has 0 bridgehead atoms. The van der Waals surface area contributed by atoms with Crippen molar-refractivity contribution in [1.29, 1.82) is 0 Å². The van der Waals surface area contributed by atoms with Gasteiger partial charge in [0.1, 0.15) is 5.75 Å². The third-order valence-electron chi connectivity index (χ3n) is 4.54. The molecular formula is C22H21N3O4S. The van der Waals surface area contributed by atoms with Crippen molar-refractivity contribution < 1.29 is 18.7 Å². The highest BCUT2D eigenvalue weighted by Gasteiger charge is 2.19. The normalized spacial score (nSPS) is 11.0. The summed E-state index contributed by atoms with van der Waals surface area (Å²) in [7, 11) is 1.59. The molecule has 7 nitrogen and oxygen atoms in total. The summed E-state index contributed by atoms with van der Waals surface area (Å²) in [5.41, 5.74) is 0. The van der Waals surface area contributed by atoms with E-state index in [9.17, 15) is 4.79 Å². The van der Waals surface area contributed by atoms with E-state index in [0.29, 0.717) is 30.7 Å². The zero-order valence-electron chi connectivity index (χ0n) is 16.5. The Hall–Kier alpha value is -3.23. The number of amides is 1. The number of hydrogen-bond acceptors (Lipinski definition) is 7. The second-order valence-corrected chi connectivity index (χ2v) is 7.50. The highest BCUT2D eigenvalue weighted by molar-refractivity contribution is 7.13. The van der Waals surface area contributed by atoms with Crippen molar-refractivity contribution >= 4 is 28.0 Å². The summed E-state index contributed by atoms with van der Waals surface area (Å²) >= 11 is 1.52. The summed E-state index contributed by atoms with van der Waals surface area (Å²) < 4.78 is 16.7. The van der Waals surface area contributed by atoms with E-state index in [0.717, 1.165) is 15.6 Å². The Kier molecular flexibility index (Phi) is 6.36. The van der Waals surface area contributed by atoms with Crippen molar-refractivity contribution in [2.45, 2.75) is 6.54 Å². The van der Waals surface area contributed by atoms with Gasteiger partial charge >= 0.3 is 0 Å². The fourth-order valence-electron chi connectivity index (χ4n) is 3.03. The van der Waals surface area contributed by atoms with Crippen molar-refractivity contribution in [2.24, 2.45) is 0 Å². The summed E-state index contributed by atoms with van der Waals surface area (Å²) in [6.07, 6.45) is 0. The lowest BCUT2D eigenvalue weighted by Gasteiger charge is -2.21. The summed E-state index contributed by atoms with van der Waals surface area (Å²) in [5, 5.41) is 12.1. The van der Waals surface area contributed by atoms with E-state index < -0.39 is 0 Å². The fraction of sp³-hybridized carbons (Fsp3) is 0.227. The first kappa shape index (κ1) is 20.1. The summed E-state index contributed by atoms with van der Waals surface area (Å²) in [5.74, 6) is 1.31. The molecule has 0 aliphatic heterocycles. The van der Waals surface area contributed by atoms with Crippen LogP contribution < -0.4 is 4.74 Å². The molecule has 0 aliphatic rings. The molecule has 30 heavy (non-hydrogen) atoms. The Morgan fingerprint density at radius 1 is 1.10 bits per heavy atom. The highest BCUT2D eigenvalue weighted by Crippen LogP contribution is 2.25. The number of thiophene rings is 1. The molecule has 0 unspecified atom stereocenters. The molecule has 0 saturated carbocycles. The van der Waals surface area contributed by atoms with Crippen LogP contribution in [0.2, 0.25) is 0 Å². The molecule has 2 heterocycles. The van der Waals surface area contributed by atoms with Crippen LogP contribution >= 0.6 is 11.3 Å². The molecule has 0 fully saturated rings. The van der Waals surface area contributed by atoms with Crippen molar-refractivity contribution in [3.05, 3.63) is 65.9 Å². The van der Waals surface area contributed by atoms with Crippen molar-refractivity contribution in [2.75, 3.05) is 26.9 Å². The van der Waals surface area contributed by atoms with Gasteiger partial charge in [-0.25, -0.2) is 0 Å². The number of carbonyl (C=O) groups is 1. The van der Waals surface area contributed by atoms with Gasteiger partial charge in [-0.15, -0.1) is 21.5 Å². The van der Waals surface area contributed by atoms with Gasteiger partial charge in [-0.3, -0.25) is 4.79 Å². The van der Waals surface area contributed by atoms with Gasteiger partial charge in [0, 0.05) is 19.0 Å². The topological polar surface area (TPSA) is 77.7 Å². The predicted octanol–water partition coefficient (Wildman–Crippen LogP) is 4.01. The van der Waals surface area contributed by atoms with Gasteiger partial charge in [-0.2, -0.15) is 0 Å². The fourth-order valence-corrected chi connectivity index (χ4v) is 3.67. The third-order valence-corrected chi connectivity index (χ3v) is 5.40. The van der Waals surface area contributed by atoms with E-state index in [1.54, 1.807) is 12.0 Å². The van der Waals surface area contributed by atoms with Crippen LogP contribution in [-0.4, -0.2) is 47.9 Å². The smallest absolute Gasteiger partial charge is 0.261 e. The lowest BCUT2D eigenvalue weighted by atomic mass is 10.1. The Labute approximate surface area is 177 Å². The molecule has 0 radical (unpaired) electrons. The number of methoxy groups -OCH3 is 1. The molecule has 0 aliphatic carbocycles. The lowest BCUT2D eigenvalue weighted by molar-refractivity contribution is -0.135. The molecule has 4 aromatic rings. The summed E-state index contributed by atoms with van der Waals surface area (Å²) in [4.78, 5) is 15.3. The van der Waals surface area contributed by atoms with E-state index >= 15 is 0 Å². The number of fused-ring (bicyclic) bond motifs is 1. The van der Waals surface area contributed by atoms with Gasteiger partial charge in [-0.05, 0) is 22.9 Å². The predicted molar refractivity (Wildman–Crippen MR) is 114 cm³/mol. The van der Waals surface area contributed by atoms with E-state index in [-0.39, 0.29) is 19.1 Å². The Morgan fingerprint density at radius 3 is 2.80 bits per heavy atom. The Morgan fingerprint density at radius 2 is 1.97 bits per heavy atom. The maximum Gasteiger partial charge on any atom is 0.261 e. The van der Waals surface area contributed by atoms with Crippen LogP contribution in [0.5, 0.6) is 5.75 Å². The second kappa shape index (κ2) is 9.51. The minimum absolute atomic E-state index is 0.0936. The molecule has 2 aromatic carbocycles. The van der Waals surface area contributed by atoms with Crippen molar-refractivity contribution in [3.63, 3.8) is 0 Å². The van der Waals surface area contributed by atoms with Crippen LogP contribution in [-0.2, 0) is 16.1 Å². The van der Waals surface area contributed by atoms with Crippen LogP contribution in [0.3, 0.4) is 0 Å². The summed E-state index contributed by atoms with van der Waals surface area (Å²) in [6, 6.07) is 17.5. The number of rotatable bonds is 9. The molecule has 0 atom stereocenters. The average Bonchev–Trinajstić information content (AvgIpc) is 3.47. The van der Waals surface area contributed by atoms with Crippen LogP contribution in [0.1, 0.15) is 5.89 Å². The number of aromatic nitrogens is 2. The van der Waals surface area contributed by atoms with Gasteiger partial charge in [0.05, 0.1) is 18.0 Å². The highest BCUT2D eigenvalue weighted by atomic mass is 32.1. The number of hydrogen-bond donors (Lipinski definition) is 0. The van der Waals surface area contributed by atoms with E-state index in [4.69, 9.17) is 13.9 Å². The van der Waals surface area contributed by atoms with Gasteiger partial charge in [-0.1, -0.05) is 42.5 Å². The number of ether oxygens (including phenoxy) is 2. The largest absolute Gasteiger partial charge is 0.483 e. The number of benzene rings is 2. The maximum atomic E-state index is 12.9. The maximum absolute atomic E-state index is 12.9. The quantitative estimate of drug-likeness (QED) is 0.405. The molecule has 0 N–H and O–H groups in total.